The summed E-state index contributed by atoms with van der Waals surface area (Å²) in [6.45, 7) is 1.81. The molecule has 0 radical (unpaired) electrons. The van der Waals surface area contributed by atoms with E-state index in [1.54, 1.807) is 0 Å². The highest BCUT2D eigenvalue weighted by Crippen LogP contribution is 1.92. The van der Waals surface area contributed by atoms with E-state index in [-0.39, 0.29) is 0 Å². The molecule has 82 valence electrons. The molecule has 0 amide bonds. The van der Waals surface area contributed by atoms with Gasteiger partial charge in [0.05, 0.1) is 0 Å². The van der Waals surface area contributed by atoms with E-state index in [4.69, 9.17) is 20.4 Å². The van der Waals surface area contributed by atoms with Gasteiger partial charge in [-0.2, -0.15) is 0 Å². The molecule has 0 saturated carbocycles. The molecular formula is C7H12O7. The third kappa shape index (κ3) is 7.19. The van der Waals surface area contributed by atoms with Crippen molar-refractivity contribution in [3.63, 3.8) is 0 Å². The normalized spacial score (nSPS) is 13.1. The lowest BCUT2D eigenvalue weighted by molar-refractivity contribution is -0.165. The highest BCUT2D eigenvalue weighted by molar-refractivity contribution is 5.83. The zero-order chi connectivity index (χ0) is 11.7. The molecule has 0 rings (SSSR count). The molecule has 0 aliphatic rings. The summed E-state index contributed by atoms with van der Waals surface area (Å²) < 4.78 is 0. The molecule has 0 fully saturated rings. The van der Waals surface area contributed by atoms with Crippen molar-refractivity contribution in [3.8, 4) is 0 Å². The molecule has 0 aliphatic heterocycles. The van der Waals surface area contributed by atoms with Crippen molar-refractivity contribution >= 4 is 18.2 Å². The van der Waals surface area contributed by atoms with Crippen LogP contribution in [0.15, 0.2) is 0 Å². The second-order valence-corrected chi connectivity index (χ2v) is 2.14. The van der Waals surface area contributed by atoms with Gasteiger partial charge in [0, 0.05) is 6.42 Å². The number of carbonyl (C=O) groups excluding carboxylic acids is 1. The zero-order valence-corrected chi connectivity index (χ0v) is 7.45. The Morgan fingerprint density at radius 1 is 1.14 bits per heavy atom. The molecule has 2 atom stereocenters. The average molecular weight is 208 g/mol. The summed E-state index contributed by atoms with van der Waals surface area (Å²) in [4.78, 5) is 28.7. The summed E-state index contributed by atoms with van der Waals surface area (Å²) in [6.07, 6.45) is -3.02. The minimum absolute atomic E-state index is 0.639. The number of rotatable bonds is 4. The fourth-order valence-corrected chi connectivity index (χ4v) is 0.270. The van der Waals surface area contributed by atoms with Crippen LogP contribution in [0.3, 0.4) is 0 Å². The highest BCUT2D eigenvalue weighted by atomic mass is 16.4. The highest BCUT2D eigenvalue weighted by Gasteiger charge is 2.29. The molecule has 0 spiro atoms. The number of aliphatic hydroxyl groups is 2. The Morgan fingerprint density at radius 3 is 1.43 bits per heavy atom. The third-order valence-corrected chi connectivity index (χ3v) is 0.972. The molecule has 14 heavy (non-hydrogen) atoms. The summed E-state index contributed by atoms with van der Waals surface area (Å²) in [6, 6.07) is 0. The molecular weight excluding hydrogens is 196 g/mol. The summed E-state index contributed by atoms with van der Waals surface area (Å²) in [5, 5.41) is 32.5. The quantitative estimate of drug-likeness (QED) is 0.412. The summed E-state index contributed by atoms with van der Waals surface area (Å²) in [5.41, 5.74) is 0. The first-order valence-corrected chi connectivity index (χ1v) is 3.63. The molecule has 0 aliphatic carbocycles. The molecule has 7 heteroatoms. The predicted molar refractivity (Wildman–Crippen MR) is 43.6 cm³/mol. The van der Waals surface area contributed by atoms with E-state index in [1.165, 1.54) is 0 Å². The van der Waals surface area contributed by atoms with Crippen molar-refractivity contribution in [2.75, 3.05) is 0 Å². The van der Waals surface area contributed by atoms with Gasteiger partial charge < -0.3 is 25.2 Å². The van der Waals surface area contributed by atoms with Crippen molar-refractivity contribution < 1.29 is 34.8 Å². The molecule has 0 bridgehead atoms. The summed E-state index contributed by atoms with van der Waals surface area (Å²) in [5.74, 6) is -3.54. The van der Waals surface area contributed by atoms with Crippen LogP contribution in [0.25, 0.3) is 0 Å². The van der Waals surface area contributed by atoms with E-state index in [2.05, 4.69) is 0 Å². The van der Waals surface area contributed by atoms with Crippen LogP contribution in [-0.2, 0) is 14.4 Å². The number of aldehydes is 1. The van der Waals surface area contributed by atoms with Crippen LogP contribution in [0.5, 0.6) is 0 Å². The Bertz CT molecular complexity index is 182. The van der Waals surface area contributed by atoms with Gasteiger partial charge in [-0.15, -0.1) is 0 Å². The fourth-order valence-electron chi connectivity index (χ4n) is 0.270. The number of carboxylic acids is 2. The maximum Gasteiger partial charge on any atom is 0.335 e. The van der Waals surface area contributed by atoms with Gasteiger partial charge in [0.15, 0.2) is 12.2 Å². The van der Waals surface area contributed by atoms with Crippen molar-refractivity contribution in [2.24, 2.45) is 0 Å². The molecule has 0 aromatic rings. The van der Waals surface area contributed by atoms with Gasteiger partial charge in [-0.25, -0.2) is 9.59 Å². The van der Waals surface area contributed by atoms with Crippen molar-refractivity contribution in [1.82, 2.24) is 0 Å². The smallest absolute Gasteiger partial charge is 0.335 e. The van der Waals surface area contributed by atoms with E-state index in [1.807, 2.05) is 6.92 Å². The van der Waals surface area contributed by atoms with Gasteiger partial charge in [-0.3, -0.25) is 0 Å². The van der Waals surface area contributed by atoms with Crippen molar-refractivity contribution in [1.29, 1.82) is 0 Å². The molecule has 0 saturated heterocycles. The number of hydrogen-bond donors (Lipinski definition) is 4. The van der Waals surface area contributed by atoms with E-state index in [0.717, 1.165) is 6.29 Å². The number of aliphatic carboxylic acids is 2. The SMILES string of the molecule is CCC=O.O=C(O)[C@H](O)[C@@H](O)C(=O)O. The minimum Gasteiger partial charge on any atom is -0.479 e. The Kier molecular flexibility index (Phi) is 8.74. The van der Waals surface area contributed by atoms with Crippen LogP contribution < -0.4 is 0 Å². The van der Waals surface area contributed by atoms with Crippen molar-refractivity contribution in [2.45, 2.75) is 25.6 Å². The number of hydrogen-bond acceptors (Lipinski definition) is 5. The second-order valence-electron chi connectivity index (χ2n) is 2.14. The third-order valence-electron chi connectivity index (χ3n) is 0.972. The number of aliphatic hydroxyl groups excluding tert-OH is 2. The van der Waals surface area contributed by atoms with Gasteiger partial charge in [0.1, 0.15) is 6.29 Å². The number of carboxylic acid groups (broad SMARTS) is 2. The topological polar surface area (TPSA) is 132 Å². The van der Waals surface area contributed by atoms with Gasteiger partial charge in [-0.1, -0.05) is 6.92 Å². The monoisotopic (exact) mass is 208 g/mol. The predicted octanol–water partition coefficient (Wildman–Crippen LogP) is -1.53. The lowest BCUT2D eigenvalue weighted by atomic mass is 10.2. The van der Waals surface area contributed by atoms with Crippen LogP contribution in [-0.4, -0.2) is 50.9 Å². The van der Waals surface area contributed by atoms with Gasteiger partial charge in [-0.05, 0) is 0 Å². The van der Waals surface area contributed by atoms with Gasteiger partial charge in [0.25, 0.3) is 0 Å². The Labute approximate surface area is 79.6 Å². The van der Waals surface area contributed by atoms with Crippen LogP contribution in [0.1, 0.15) is 13.3 Å². The summed E-state index contributed by atoms with van der Waals surface area (Å²) in [7, 11) is 0. The number of carbonyl (C=O) groups is 3. The van der Waals surface area contributed by atoms with Gasteiger partial charge in [0.2, 0.25) is 0 Å². The molecule has 0 aromatic carbocycles. The molecule has 0 aromatic heterocycles. The average Bonchev–Trinajstić information content (AvgIpc) is 2.15. The first kappa shape index (κ1) is 15.0. The molecule has 0 heterocycles. The maximum atomic E-state index is 9.77. The maximum absolute atomic E-state index is 9.77. The molecule has 4 N–H and O–H groups in total. The minimum atomic E-state index is -2.27. The van der Waals surface area contributed by atoms with Crippen LogP contribution in [0, 0.1) is 0 Å². The van der Waals surface area contributed by atoms with Crippen LogP contribution in [0.2, 0.25) is 0 Å². The first-order valence-electron chi connectivity index (χ1n) is 3.63. The Balaban J connectivity index is 0. The second kappa shape index (κ2) is 8.14. The van der Waals surface area contributed by atoms with E-state index in [0.29, 0.717) is 6.42 Å². The Hall–Kier alpha value is -1.47. The standard InChI is InChI=1S/C4H6O6.C3H6O/c5-1(3(7)8)2(6)4(9)10;1-2-3-4/h1-2,5-6H,(H,7,8)(H,9,10);3H,2H2,1H3/t1-,2-;/m1./s1. The zero-order valence-electron chi connectivity index (χ0n) is 7.45. The molecule has 7 nitrogen and oxygen atoms in total. The Morgan fingerprint density at radius 2 is 1.36 bits per heavy atom. The van der Waals surface area contributed by atoms with E-state index in [9.17, 15) is 14.4 Å². The molecule has 0 unspecified atom stereocenters. The van der Waals surface area contributed by atoms with E-state index >= 15 is 0 Å². The summed E-state index contributed by atoms with van der Waals surface area (Å²) >= 11 is 0. The fraction of sp³-hybridized carbons (Fsp3) is 0.571. The van der Waals surface area contributed by atoms with Crippen LogP contribution >= 0.6 is 0 Å². The van der Waals surface area contributed by atoms with Crippen LogP contribution in [0.4, 0.5) is 0 Å². The lowest BCUT2D eigenvalue weighted by Crippen LogP contribution is -2.39. The van der Waals surface area contributed by atoms with Crippen molar-refractivity contribution in [3.05, 3.63) is 0 Å². The van der Waals surface area contributed by atoms with Gasteiger partial charge >= 0.3 is 11.9 Å². The first-order chi connectivity index (χ1) is 6.38. The largest absolute Gasteiger partial charge is 0.479 e. The lowest BCUT2D eigenvalue weighted by Gasteiger charge is -2.07. The van der Waals surface area contributed by atoms with E-state index < -0.39 is 24.1 Å².